The topological polar surface area (TPSA) is 196 Å². The minimum Gasteiger partial charge on any atom is -0.465 e. The second-order valence-corrected chi connectivity index (χ2v) is 19.6. The largest absolute Gasteiger partial charge is 0.509 e. The predicted molar refractivity (Wildman–Crippen MR) is 234 cm³/mol. The van der Waals surface area contributed by atoms with E-state index in [-0.39, 0.29) is 37.7 Å². The van der Waals surface area contributed by atoms with Crippen LogP contribution in [-0.2, 0) is 54.0 Å². The standard InChI is InChI=1S/C47H80N2O14/c1-15-21-56-41(51)31(5)37(61-36-24-46(11,55-14)47(27-58-47)33(7)60-36)30(4)40(45(10,54)23-28(2)25-48-32(6)39(50)44(8,9)53)63-42-38(35(49(12)13)22-29(3)59-42)62-43(52)57-26-34-19-17-16-18-20-34/h16-20,28-33,35-40,42,48,50,53-54H,15,21-27H2,1-14H3/t28?,29?,30?,31?,32?,33?,35?,36?,37?,38-,39?,40?,42?,45?,46?,47?/m1/s1. The Balaban J connectivity index is 1.73. The number of nitrogens with zero attached hydrogens (tertiary/aromatic N) is 1. The molecule has 362 valence electrons. The van der Waals surface area contributed by atoms with Gasteiger partial charge in [0.1, 0.15) is 17.8 Å². The lowest BCUT2D eigenvalue weighted by molar-refractivity contribution is -0.315. The lowest BCUT2D eigenvalue weighted by Crippen LogP contribution is -2.62. The molecule has 16 nitrogen and oxygen atoms in total. The maximum Gasteiger partial charge on any atom is 0.509 e. The van der Waals surface area contributed by atoms with Crippen molar-refractivity contribution >= 4 is 12.1 Å². The molecule has 3 fully saturated rings. The number of rotatable bonds is 23. The second-order valence-electron chi connectivity index (χ2n) is 19.6. The smallest absolute Gasteiger partial charge is 0.465 e. The van der Waals surface area contributed by atoms with Crippen LogP contribution in [0.15, 0.2) is 30.3 Å². The van der Waals surface area contributed by atoms with Gasteiger partial charge in [0.05, 0.1) is 66.9 Å². The molecular weight excluding hydrogens is 817 g/mol. The van der Waals surface area contributed by atoms with E-state index in [0.717, 1.165) is 5.56 Å². The van der Waals surface area contributed by atoms with Crippen LogP contribution >= 0.6 is 0 Å². The Bertz CT molecular complexity index is 1570. The number of esters is 1. The zero-order valence-electron chi connectivity index (χ0n) is 40.3. The average molecular weight is 897 g/mol. The Hall–Kier alpha value is -2.48. The molecule has 15 unspecified atom stereocenters. The summed E-state index contributed by atoms with van der Waals surface area (Å²) >= 11 is 0. The van der Waals surface area contributed by atoms with Crippen LogP contribution in [0.3, 0.4) is 0 Å². The first kappa shape index (κ1) is 53.1. The van der Waals surface area contributed by atoms with Crippen LogP contribution in [0, 0.1) is 17.8 Å². The number of aliphatic hydroxyl groups is 3. The van der Waals surface area contributed by atoms with Crippen molar-refractivity contribution in [2.75, 3.05) is 41.0 Å². The van der Waals surface area contributed by atoms with Crippen molar-refractivity contribution in [2.45, 2.75) is 192 Å². The van der Waals surface area contributed by atoms with Crippen molar-refractivity contribution in [2.24, 2.45) is 17.8 Å². The molecule has 0 saturated carbocycles. The van der Waals surface area contributed by atoms with E-state index in [0.29, 0.717) is 32.4 Å². The molecule has 0 bridgehead atoms. The number of likely N-dealkylation sites (N-methyl/N-ethyl adjacent to an activating group) is 1. The van der Waals surface area contributed by atoms with Crippen LogP contribution < -0.4 is 5.32 Å². The Morgan fingerprint density at radius 1 is 1.02 bits per heavy atom. The minimum atomic E-state index is -1.64. The number of hydrogen-bond donors (Lipinski definition) is 4. The summed E-state index contributed by atoms with van der Waals surface area (Å²) in [5.74, 6) is -2.31. The molecular formula is C47H80N2O14. The monoisotopic (exact) mass is 897 g/mol. The highest BCUT2D eigenvalue weighted by Crippen LogP contribution is 2.51. The summed E-state index contributed by atoms with van der Waals surface area (Å²) in [7, 11) is 5.40. The number of nitrogens with one attached hydrogen (secondary N) is 1. The minimum absolute atomic E-state index is 0.00416. The van der Waals surface area contributed by atoms with Gasteiger partial charge in [0.2, 0.25) is 0 Å². The molecule has 16 atom stereocenters. The number of benzene rings is 1. The normalized spacial score (nSPS) is 31.8. The third-order valence-electron chi connectivity index (χ3n) is 13.3. The molecule has 16 heteroatoms. The van der Waals surface area contributed by atoms with Crippen LogP contribution in [0.25, 0.3) is 0 Å². The Kier molecular flexibility index (Phi) is 18.8. The first-order chi connectivity index (χ1) is 29.4. The number of ether oxygens (including phenoxy) is 9. The summed E-state index contributed by atoms with van der Waals surface area (Å²) in [5, 5.41) is 37.3. The SMILES string of the molecule is CCCOC(=O)C(C)C(OC1CC(C)(OC)C2(CO2)C(C)O1)C(C)C(OC1OC(C)CC(N(C)C)[C@H]1OC(=O)OCc1ccccc1)C(C)(O)CC(C)CNC(C)C(O)C(C)(C)O. The summed E-state index contributed by atoms with van der Waals surface area (Å²) in [6.45, 7) is 20.9. The van der Waals surface area contributed by atoms with Crippen LogP contribution in [0.4, 0.5) is 4.79 Å². The van der Waals surface area contributed by atoms with Gasteiger partial charge in [-0.2, -0.15) is 0 Å². The lowest BCUT2D eigenvalue weighted by atomic mass is 9.77. The van der Waals surface area contributed by atoms with Gasteiger partial charge in [0, 0.05) is 25.5 Å². The van der Waals surface area contributed by atoms with Crippen molar-refractivity contribution in [3.8, 4) is 0 Å². The van der Waals surface area contributed by atoms with Crippen LogP contribution in [-0.4, -0.2) is 157 Å². The van der Waals surface area contributed by atoms with E-state index in [1.54, 1.807) is 41.7 Å². The van der Waals surface area contributed by atoms with Gasteiger partial charge in [-0.15, -0.1) is 0 Å². The predicted octanol–water partition coefficient (Wildman–Crippen LogP) is 4.97. The van der Waals surface area contributed by atoms with Crippen molar-refractivity contribution in [3.63, 3.8) is 0 Å². The summed E-state index contributed by atoms with van der Waals surface area (Å²) in [4.78, 5) is 29.2. The fourth-order valence-corrected chi connectivity index (χ4v) is 9.39. The number of aliphatic hydroxyl groups excluding tert-OH is 1. The molecule has 4 rings (SSSR count). The number of hydrogen-bond acceptors (Lipinski definition) is 16. The zero-order chi connectivity index (χ0) is 47.1. The van der Waals surface area contributed by atoms with Gasteiger partial charge in [-0.05, 0) is 107 Å². The molecule has 1 spiro atoms. The van der Waals surface area contributed by atoms with E-state index < -0.39 is 95.5 Å². The molecule has 3 aliphatic rings. The van der Waals surface area contributed by atoms with E-state index in [1.807, 2.05) is 90.9 Å². The number of carbonyl (C=O) groups is 2. The molecule has 63 heavy (non-hydrogen) atoms. The van der Waals surface area contributed by atoms with Gasteiger partial charge in [-0.1, -0.05) is 51.1 Å². The van der Waals surface area contributed by atoms with Gasteiger partial charge in [-0.25, -0.2) is 4.79 Å². The second kappa shape index (κ2) is 22.3. The van der Waals surface area contributed by atoms with Gasteiger partial charge in [0.15, 0.2) is 18.7 Å². The summed E-state index contributed by atoms with van der Waals surface area (Å²) in [6.07, 6.45) is -6.22. The van der Waals surface area contributed by atoms with Gasteiger partial charge in [0.25, 0.3) is 0 Å². The third kappa shape index (κ3) is 13.6. The van der Waals surface area contributed by atoms with E-state index in [2.05, 4.69) is 5.32 Å². The van der Waals surface area contributed by atoms with E-state index in [1.165, 1.54) is 0 Å². The molecule has 3 heterocycles. The number of carbonyl (C=O) groups excluding carboxylic acids is 2. The summed E-state index contributed by atoms with van der Waals surface area (Å²) in [6, 6.07) is 8.44. The van der Waals surface area contributed by atoms with Gasteiger partial charge in [-0.3, -0.25) is 4.79 Å². The van der Waals surface area contributed by atoms with Crippen molar-refractivity contribution < 1.29 is 67.5 Å². The lowest BCUT2D eigenvalue weighted by Gasteiger charge is -2.49. The summed E-state index contributed by atoms with van der Waals surface area (Å²) in [5.41, 5.74) is -3.58. The van der Waals surface area contributed by atoms with Crippen molar-refractivity contribution in [3.05, 3.63) is 35.9 Å². The fourth-order valence-electron chi connectivity index (χ4n) is 9.39. The van der Waals surface area contributed by atoms with E-state index >= 15 is 0 Å². The molecule has 0 aromatic heterocycles. The van der Waals surface area contributed by atoms with Gasteiger partial charge >= 0.3 is 12.1 Å². The number of epoxide rings is 1. The first-order valence-corrected chi connectivity index (χ1v) is 22.8. The quantitative estimate of drug-likeness (QED) is 0.0849. The first-order valence-electron chi connectivity index (χ1n) is 22.8. The Morgan fingerprint density at radius 2 is 1.67 bits per heavy atom. The van der Waals surface area contributed by atoms with Crippen LogP contribution in [0.5, 0.6) is 0 Å². The molecule has 4 N–H and O–H groups in total. The highest BCUT2D eigenvalue weighted by Gasteiger charge is 2.67. The molecule has 3 saturated heterocycles. The Labute approximate surface area is 375 Å². The highest BCUT2D eigenvalue weighted by molar-refractivity contribution is 5.72. The van der Waals surface area contributed by atoms with E-state index in [4.69, 9.17) is 42.6 Å². The van der Waals surface area contributed by atoms with Crippen LogP contribution in [0.1, 0.15) is 107 Å². The third-order valence-corrected chi connectivity index (χ3v) is 13.3. The molecule has 0 aliphatic carbocycles. The average Bonchev–Trinajstić information content (AvgIpc) is 4.04. The molecule has 0 radical (unpaired) electrons. The van der Waals surface area contributed by atoms with Gasteiger partial charge < -0.3 is 68.2 Å². The van der Waals surface area contributed by atoms with Crippen LogP contribution in [0.2, 0.25) is 0 Å². The van der Waals surface area contributed by atoms with E-state index in [9.17, 15) is 24.9 Å². The molecule has 1 aromatic carbocycles. The fraction of sp³-hybridized carbons (Fsp3) is 0.830. The maximum atomic E-state index is 13.8. The van der Waals surface area contributed by atoms with Crippen molar-refractivity contribution in [1.29, 1.82) is 0 Å². The summed E-state index contributed by atoms with van der Waals surface area (Å²) < 4.78 is 56.2. The molecule has 1 aromatic rings. The molecule has 0 amide bonds. The zero-order valence-corrected chi connectivity index (χ0v) is 40.3. The molecule has 3 aliphatic heterocycles. The highest BCUT2D eigenvalue weighted by atomic mass is 16.8. The number of methoxy groups -OCH3 is 1. The Morgan fingerprint density at radius 3 is 2.24 bits per heavy atom. The maximum absolute atomic E-state index is 13.8. The van der Waals surface area contributed by atoms with Crippen molar-refractivity contribution in [1.82, 2.24) is 10.2 Å².